The Morgan fingerprint density at radius 3 is 1.62 bits per heavy atom. The Morgan fingerprint density at radius 2 is 1.19 bits per heavy atom. The fourth-order valence-electron chi connectivity index (χ4n) is 4.04. The van der Waals surface area contributed by atoms with E-state index in [-0.39, 0.29) is 5.97 Å². The maximum atomic E-state index is 11.7. The predicted molar refractivity (Wildman–Crippen MR) is 141 cm³/mol. The maximum absolute atomic E-state index is 11.7. The van der Waals surface area contributed by atoms with Gasteiger partial charge in [-0.1, -0.05) is 54.6 Å². The number of unbranched alkanes of at least 4 members (excludes halogenated alkanes) is 3. The monoisotopic (exact) mass is 466 g/mol. The van der Waals surface area contributed by atoms with Gasteiger partial charge in [-0.3, -0.25) is 4.79 Å². The Balaban J connectivity index is 1.72. The van der Waals surface area contributed by atoms with Gasteiger partial charge in [-0.15, -0.1) is 0 Å². The van der Waals surface area contributed by atoms with Gasteiger partial charge >= 0.3 is 5.97 Å². The van der Waals surface area contributed by atoms with E-state index in [4.69, 9.17) is 10.5 Å². The zero-order valence-electron chi connectivity index (χ0n) is 18.5. The van der Waals surface area contributed by atoms with Gasteiger partial charge < -0.3 is 10.5 Å². The number of hydrogen-bond acceptors (Lipinski definition) is 4. The minimum Gasteiger partial charge on any atom is -0.465 e. The standard InChI is InChI=1S/C27H32NO2PS/c28-26(22-32)27(29)30-20-12-1-2-13-21-31(23-14-6-3-7-15-23,24-16-8-4-9-17-24)25-18-10-5-11-19-25/h3-11,14-19,26H,1-2,12-13,20-22,28H2/p+1. The predicted octanol–water partition coefficient (Wildman–Crippen LogP) is 4.34. The summed E-state index contributed by atoms with van der Waals surface area (Å²) >= 11 is 4.04. The Morgan fingerprint density at radius 1 is 0.750 bits per heavy atom. The van der Waals surface area contributed by atoms with Gasteiger partial charge in [0.15, 0.2) is 0 Å². The quantitative estimate of drug-likeness (QED) is 0.181. The Kier molecular flexibility index (Phi) is 9.80. The van der Waals surface area contributed by atoms with E-state index in [0.717, 1.165) is 31.8 Å². The van der Waals surface area contributed by atoms with E-state index in [1.54, 1.807) is 0 Å². The first-order chi connectivity index (χ1) is 15.7. The number of carbonyl (C=O) groups excluding carboxylic acids is 1. The molecule has 1 unspecified atom stereocenters. The van der Waals surface area contributed by atoms with Crippen molar-refractivity contribution < 1.29 is 9.53 Å². The first kappa shape index (κ1) is 24.5. The summed E-state index contributed by atoms with van der Waals surface area (Å²) in [4.78, 5) is 11.7. The molecular formula is C27H33NO2PS+. The Hall–Kier alpha value is -2.13. The molecule has 2 N–H and O–H groups in total. The van der Waals surface area contributed by atoms with E-state index in [1.807, 2.05) is 0 Å². The first-order valence-corrected chi connectivity index (χ1v) is 13.9. The second-order valence-electron chi connectivity index (χ2n) is 7.91. The highest BCUT2D eigenvalue weighted by Crippen LogP contribution is 2.55. The van der Waals surface area contributed by atoms with Gasteiger partial charge in [0.05, 0.1) is 12.8 Å². The van der Waals surface area contributed by atoms with E-state index < -0.39 is 13.3 Å². The van der Waals surface area contributed by atoms with E-state index in [1.165, 1.54) is 15.9 Å². The van der Waals surface area contributed by atoms with Gasteiger partial charge in [0.2, 0.25) is 0 Å². The number of ether oxygens (including phenoxy) is 1. The molecule has 0 heterocycles. The minimum atomic E-state index is -1.75. The number of rotatable bonds is 12. The van der Waals surface area contributed by atoms with Crippen molar-refractivity contribution in [2.75, 3.05) is 18.5 Å². The molecule has 3 nitrogen and oxygen atoms in total. The molecule has 0 fully saturated rings. The molecular weight excluding hydrogens is 433 g/mol. The van der Waals surface area contributed by atoms with Crippen molar-refractivity contribution in [3.05, 3.63) is 91.0 Å². The third kappa shape index (κ3) is 6.22. The normalized spacial score (nSPS) is 12.3. The summed E-state index contributed by atoms with van der Waals surface area (Å²) in [5, 5.41) is 4.27. The number of carbonyl (C=O) groups is 1. The smallest absolute Gasteiger partial charge is 0.323 e. The molecule has 32 heavy (non-hydrogen) atoms. The third-order valence-electron chi connectivity index (χ3n) is 5.72. The van der Waals surface area contributed by atoms with Crippen LogP contribution in [0.25, 0.3) is 0 Å². The molecule has 0 saturated heterocycles. The van der Waals surface area contributed by atoms with Crippen LogP contribution in [0.3, 0.4) is 0 Å². The SMILES string of the molecule is NC(CS)C(=O)OCCCCCC[P+](c1ccccc1)(c1ccccc1)c1ccccc1. The minimum absolute atomic E-state index is 0.309. The third-order valence-corrected chi connectivity index (χ3v) is 10.6. The van der Waals surface area contributed by atoms with Crippen LogP contribution in [-0.4, -0.2) is 30.5 Å². The van der Waals surface area contributed by atoms with Crippen molar-refractivity contribution in [2.24, 2.45) is 5.73 Å². The molecule has 0 saturated carbocycles. The first-order valence-electron chi connectivity index (χ1n) is 11.3. The number of nitrogens with two attached hydrogens (primary N) is 1. The molecule has 3 aromatic carbocycles. The molecule has 168 valence electrons. The molecule has 1 atom stereocenters. The van der Waals surface area contributed by atoms with Crippen molar-refractivity contribution in [2.45, 2.75) is 31.7 Å². The van der Waals surface area contributed by atoms with Crippen LogP contribution >= 0.6 is 19.9 Å². The highest BCUT2D eigenvalue weighted by atomic mass is 32.1. The second-order valence-corrected chi connectivity index (χ2v) is 11.9. The molecule has 3 rings (SSSR count). The fraction of sp³-hybridized carbons (Fsp3) is 0.296. The van der Waals surface area contributed by atoms with Gasteiger partial charge in [-0.05, 0) is 62.1 Å². The molecule has 0 aliphatic heterocycles. The summed E-state index contributed by atoms with van der Waals surface area (Å²) in [6.45, 7) is 0.427. The summed E-state index contributed by atoms with van der Waals surface area (Å²) in [5.41, 5.74) is 5.65. The Labute approximate surface area is 198 Å². The van der Waals surface area contributed by atoms with Gasteiger partial charge in [0.1, 0.15) is 29.2 Å². The lowest BCUT2D eigenvalue weighted by Gasteiger charge is -2.27. The van der Waals surface area contributed by atoms with Crippen LogP contribution in [0.5, 0.6) is 0 Å². The van der Waals surface area contributed by atoms with Gasteiger partial charge in [-0.2, -0.15) is 12.6 Å². The largest absolute Gasteiger partial charge is 0.465 e. The lowest BCUT2D eigenvalue weighted by atomic mass is 10.2. The van der Waals surface area contributed by atoms with Crippen LogP contribution in [0.2, 0.25) is 0 Å². The molecule has 0 radical (unpaired) electrons. The maximum Gasteiger partial charge on any atom is 0.323 e. The summed E-state index contributed by atoms with van der Waals surface area (Å²) < 4.78 is 5.24. The fourth-order valence-corrected chi connectivity index (χ4v) is 8.60. The van der Waals surface area contributed by atoms with Gasteiger partial charge in [0, 0.05) is 5.75 Å². The summed E-state index contributed by atoms with van der Waals surface area (Å²) in [7, 11) is -1.75. The number of thiol groups is 1. The van der Waals surface area contributed by atoms with Crippen LogP contribution in [0.4, 0.5) is 0 Å². The summed E-state index contributed by atoms with van der Waals surface area (Å²) in [6, 6.07) is 32.3. The van der Waals surface area contributed by atoms with E-state index in [2.05, 4.69) is 104 Å². The highest BCUT2D eigenvalue weighted by molar-refractivity contribution is 7.95. The molecule has 0 amide bonds. The number of benzene rings is 3. The average Bonchev–Trinajstić information content (AvgIpc) is 2.87. The topological polar surface area (TPSA) is 52.3 Å². The highest BCUT2D eigenvalue weighted by Gasteiger charge is 2.44. The van der Waals surface area contributed by atoms with E-state index in [0.29, 0.717) is 12.4 Å². The van der Waals surface area contributed by atoms with E-state index >= 15 is 0 Å². The number of hydrogen-bond donors (Lipinski definition) is 2. The van der Waals surface area contributed by atoms with Crippen molar-refractivity contribution in [3.63, 3.8) is 0 Å². The van der Waals surface area contributed by atoms with Crippen LogP contribution in [0, 0.1) is 0 Å². The average molecular weight is 467 g/mol. The molecule has 0 bridgehead atoms. The second kappa shape index (κ2) is 12.8. The molecule has 0 aliphatic carbocycles. The molecule has 0 spiro atoms. The zero-order chi connectivity index (χ0) is 22.7. The molecule has 5 heteroatoms. The van der Waals surface area contributed by atoms with E-state index in [9.17, 15) is 4.79 Å². The van der Waals surface area contributed by atoms with Crippen LogP contribution in [-0.2, 0) is 9.53 Å². The molecule has 0 aliphatic rings. The van der Waals surface area contributed by atoms with Gasteiger partial charge in [0.25, 0.3) is 0 Å². The Bertz CT molecular complexity index is 841. The van der Waals surface area contributed by atoms with Crippen LogP contribution in [0.15, 0.2) is 91.0 Å². The van der Waals surface area contributed by atoms with Crippen LogP contribution < -0.4 is 21.6 Å². The molecule has 0 aromatic heterocycles. The lowest BCUT2D eigenvalue weighted by Crippen LogP contribution is -2.34. The number of esters is 1. The van der Waals surface area contributed by atoms with Crippen LogP contribution in [0.1, 0.15) is 25.7 Å². The van der Waals surface area contributed by atoms with Crippen molar-refractivity contribution >= 4 is 41.8 Å². The molecule has 3 aromatic rings. The summed E-state index contributed by atoms with van der Waals surface area (Å²) in [5.74, 6) is -0.0505. The van der Waals surface area contributed by atoms with Crippen molar-refractivity contribution in [3.8, 4) is 0 Å². The zero-order valence-corrected chi connectivity index (χ0v) is 20.3. The van der Waals surface area contributed by atoms with Crippen molar-refractivity contribution in [1.82, 2.24) is 0 Å². The summed E-state index contributed by atoms with van der Waals surface area (Å²) in [6.07, 6.45) is 5.23. The van der Waals surface area contributed by atoms with Gasteiger partial charge in [-0.25, -0.2) is 0 Å². The lowest BCUT2D eigenvalue weighted by molar-refractivity contribution is -0.144. The van der Waals surface area contributed by atoms with Crippen molar-refractivity contribution in [1.29, 1.82) is 0 Å².